The summed E-state index contributed by atoms with van der Waals surface area (Å²) in [5, 5.41) is 11.5. The summed E-state index contributed by atoms with van der Waals surface area (Å²) in [6.45, 7) is 8.13. The van der Waals surface area contributed by atoms with Crippen LogP contribution in [-0.4, -0.2) is 54.8 Å². The minimum absolute atomic E-state index is 0.0151. The van der Waals surface area contributed by atoms with Gasteiger partial charge in [-0.05, 0) is 44.7 Å². The van der Waals surface area contributed by atoms with Crippen molar-refractivity contribution in [3.05, 3.63) is 46.1 Å². The highest BCUT2D eigenvalue weighted by atomic mass is 16.5. The normalized spacial score (nSPS) is 15.9. The zero-order valence-electron chi connectivity index (χ0n) is 19.6. The maximum absolute atomic E-state index is 13.8. The van der Waals surface area contributed by atoms with E-state index >= 15 is 0 Å². The van der Waals surface area contributed by atoms with Crippen LogP contribution in [0.2, 0.25) is 0 Å². The van der Waals surface area contributed by atoms with Gasteiger partial charge < -0.3 is 24.1 Å². The molecule has 2 aromatic carbocycles. The largest absolute Gasteiger partial charge is 0.495 e. The van der Waals surface area contributed by atoms with Gasteiger partial charge in [-0.2, -0.15) is 5.26 Å². The molecule has 4 aromatic rings. The highest BCUT2D eigenvalue weighted by Crippen LogP contribution is 2.37. The van der Waals surface area contributed by atoms with Gasteiger partial charge in [-0.25, -0.2) is 0 Å². The molecule has 5 rings (SSSR count). The third kappa shape index (κ3) is 3.33. The molecule has 170 valence electrons. The Morgan fingerprint density at radius 2 is 1.91 bits per heavy atom. The van der Waals surface area contributed by atoms with Crippen molar-refractivity contribution in [1.82, 2.24) is 14.5 Å². The smallest absolute Gasteiger partial charge is 0.199 e. The molecule has 0 radical (unpaired) electrons. The molecule has 0 amide bonds. The number of nitriles is 1. The number of ether oxygens (including phenoxy) is 1. The first-order chi connectivity index (χ1) is 16.0. The van der Waals surface area contributed by atoms with Crippen LogP contribution in [0.15, 0.2) is 35.1 Å². The van der Waals surface area contributed by atoms with E-state index in [9.17, 15) is 10.1 Å². The zero-order chi connectivity index (χ0) is 23.3. The van der Waals surface area contributed by atoms with Crippen molar-refractivity contribution in [2.75, 3.05) is 45.2 Å². The number of anilines is 1. The van der Waals surface area contributed by atoms with Crippen molar-refractivity contribution in [1.29, 1.82) is 5.26 Å². The molecule has 0 spiro atoms. The van der Waals surface area contributed by atoms with Gasteiger partial charge in [-0.1, -0.05) is 13.0 Å². The van der Waals surface area contributed by atoms with Gasteiger partial charge in [0, 0.05) is 43.1 Å². The predicted octanol–water partition coefficient (Wildman–Crippen LogP) is 4.24. The van der Waals surface area contributed by atoms with Crippen molar-refractivity contribution < 1.29 is 4.74 Å². The summed E-state index contributed by atoms with van der Waals surface area (Å²) in [6.07, 6.45) is 0.918. The molecule has 3 heterocycles. The van der Waals surface area contributed by atoms with Crippen molar-refractivity contribution in [2.45, 2.75) is 26.3 Å². The number of aromatic nitrogens is 2. The Morgan fingerprint density at radius 1 is 1.15 bits per heavy atom. The van der Waals surface area contributed by atoms with Crippen LogP contribution >= 0.6 is 0 Å². The zero-order valence-corrected chi connectivity index (χ0v) is 19.6. The summed E-state index contributed by atoms with van der Waals surface area (Å²) in [7, 11) is 3.81. The van der Waals surface area contributed by atoms with Gasteiger partial charge in [0.2, 0.25) is 0 Å². The summed E-state index contributed by atoms with van der Waals surface area (Å²) in [5.41, 5.74) is 4.10. The maximum atomic E-state index is 13.8. The summed E-state index contributed by atoms with van der Waals surface area (Å²) >= 11 is 0. The van der Waals surface area contributed by atoms with Crippen molar-refractivity contribution in [3.63, 3.8) is 0 Å². The Balaban J connectivity index is 1.87. The molecule has 1 fully saturated rings. The van der Waals surface area contributed by atoms with Crippen molar-refractivity contribution >= 4 is 38.5 Å². The molecule has 1 aliphatic heterocycles. The second-order valence-electron chi connectivity index (χ2n) is 9.01. The van der Waals surface area contributed by atoms with E-state index in [4.69, 9.17) is 4.74 Å². The maximum Gasteiger partial charge on any atom is 0.199 e. The number of pyridine rings is 1. The first-order valence-electron chi connectivity index (χ1n) is 11.5. The Hall–Kier alpha value is -3.50. The van der Waals surface area contributed by atoms with Gasteiger partial charge in [-0.3, -0.25) is 4.79 Å². The van der Waals surface area contributed by atoms with Crippen LogP contribution in [0.1, 0.15) is 31.9 Å². The highest BCUT2D eigenvalue weighted by Gasteiger charge is 2.23. The average Bonchev–Trinajstić information content (AvgIpc) is 3.22. The lowest BCUT2D eigenvalue weighted by atomic mass is 10.1. The number of nitrogens with one attached hydrogen (secondary N) is 1. The first-order valence-corrected chi connectivity index (χ1v) is 11.5. The number of aromatic amines is 1. The number of likely N-dealkylation sites (N-methyl/N-ethyl adjacent to an activating group) is 1. The lowest BCUT2D eigenvalue weighted by molar-refractivity contribution is 0.311. The van der Waals surface area contributed by atoms with Gasteiger partial charge >= 0.3 is 0 Å². The standard InChI is InChI=1S/C26H29N5O2/c1-5-16(2)31-21-14-22(30-10-8-29(3)9-11-30)23(33-4)13-19(21)25(32)24-18-7-6-17(15-27)12-20(18)28-26(24)31/h6-7,12-14,16,28H,5,8-11H2,1-4H3. The molecular formula is C26H29N5O2. The van der Waals surface area contributed by atoms with Crippen molar-refractivity contribution in [2.24, 2.45) is 0 Å². The molecule has 2 aromatic heterocycles. The SMILES string of the molecule is CCC(C)n1c2cc(N3CCN(C)CC3)c(OC)cc2c(=O)c2c3ccc(C#N)cc3[nH]c21. The third-order valence-corrected chi connectivity index (χ3v) is 7.05. The number of H-pyrrole nitrogens is 1. The van der Waals surface area contributed by atoms with Gasteiger partial charge in [0.05, 0.1) is 40.7 Å². The van der Waals surface area contributed by atoms with Crippen LogP contribution < -0.4 is 15.1 Å². The van der Waals surface area contributed by atoms with E-state index in [1.807, 2.05) is 18.2 Å². The fourth-order valence-electron chi connectivity index (χ4n) is 4.96. The van der Waals surface area contributed by atoms with Gasteiger partial charge in [0.25, 0.3) is 0 Å². The minimum atomic E-state index is -0.0151. The lowest BCUT2D eigenvalue weighted by Gasteiger charge is -2.35. The van der Waals surface area contributed by atoms with Crippen LogP contribution in [0.4, 0.5) is 5.69 Å². The molecule has 1 aliphatic rings. The summed E-state index contributed by atoms with van der Waals surface area (Å²) in [5.74, 6) is 0.728. The Bertz CT molecular complexity index is 1470. The quantitative estimate of drug-likeness (QED) is 0.511. The molecule has 7 nitrogen and oxygen atoms in total. The van der Waals surface area contributed by atoms with E-state index in [2.05, 4.69) is 52.4 Å². The molecule has 0 saturated carbocycles. The molecule has 0 bridgehead atoms. The van der Waals surface area contributed by atoms with E-state index in [1.165, 1.54) is 0 Å². The molecule has 33 heavy (non-hydrogen) atoms. The van der Waals surface area contributed by atoms with E-state index in [1.54, 1.807) is 13.2 Å². The number of hydrogen-bond acceptors (Lipinski definition) is 5. The lowest BCUT2D eigenvalue weighted by Crippen LogP contribution is -2.44. The van der Waals surface area contributed by atoms with Crippen LogP contribution in [-0.2, 0) is 0 Å². The molecule has 7 heteroatoms. The van der Waals surface area contributed by atoms with Crippen LogP contribution in [0.25, 0.3) is 32.8 Å². The fourth-order valence-corrected chi connectivity index (χ4v) is 4.96. The van der Waals surface area contributed by atoms with Crippen LogP contribution in [0.5, 0.6) is 5.75 Å². The molecule has 1 N–H and O–H groups in total. The number of hydrogen-bond donors (Lipinski definition) is 1. The Kier molecular flexibility index (Phi) is 5.26. The summed E-state index contributed by atoms with van der Waals surface area (Å²) < 4.78 is 8.03. The number of methoxy groups -OCH3 is 1. The molecule has 1 unspecified atom stereocenters. The second kappa shape index (κ2) is 8.13. The summed E-state index contributed by atoms with van der Waals surface area (Å²) in [4.78, 5) is 21.9. The Labute approximate surface area is 192 Å². The number of rotatable bonds is 4. The fraction of sp³-hybridized carbons (Fsp3) is 0.385. The van der Waals surface area contributed by atoms with Gasteiger partial charge in [0.1, 0.15) is 11.4 Å². The monoisotopic (exact) mass is 443 g/mol. The van der Waals surface area contributed by atoms with Crippen LogP contribution in [0, 0.1) is 11.3 Å². The highest BCUT2D eigenvalue weighted by molar-refractivity contribution is 6.10. The van der Waals surface area contributed by atoms with Crippen LogP contribution in [0.3, 0.4) is 0 Å². The molecule has 1 saturated heterocycles. The third-order valence-electron chi connectivity index (χ3n) is 7.05. The van der Waals surface area contributed by atoms with E-state index in [0.717, 1.165) is 66.1 Å². The van der Waals surface area contributed by atoms with Gasteiger partial charge in [0.15, 0.2) is 5.43 Å². The first kappa shape index (κ1) is 21.4. The van der Waals surface area contributed by atoms with Gasteiger partial charge in [-0.15, -0.1) is 0 Å². The van der Waals surface area contributed by atoms with E-state index in [-0.39, 0.29) is 11.5 Å². The van der Waals surface area contributed by atoms with Crippen molar-refractivity contribution in [3.8, 4) is 11.8 Å². The predicted molar refractivity (Wildman–Crippen MR) is 134 cm³/mol. The number of piperazine rings is 1. The summed E-state index contributed by atoms with van der Waals surface area (Å²) in [6, 6.07) is 11.9. The second-order valence-corrected chi connectivity index (χ2v) is 9.01. The number of fused-ring (bicyclic) bond motifs is 4. The topological polar surface area (TPSA) is 77.3 Å². The number of nitrogens with zero attached hydrogens (tertiary/aromatic N) is 4. The Morgan fingerprint density at radius 3 is 2.58 bits per heavy atom. The van der Waals surface area contributed by atoms with E-state index < -0.39 is 0 Å². The minimum Gasteiger partial charge on any atom is -0.495 e. The molecule has 1 atom stereocenters. The molecule has 0 aliphatic carbocycles. The average molecular weight is 444 g/mol. The number of benzene rings is 2. The van der Waals surface area contributed by atoms with E-state index in [0.29, 0.717) is 16.3 Å². The molecular weight excluding hydrogens is 414 g/mol.